The van der Waals surface area contributed by atoms with Crippen molar-refractivity contribution in [2.75, 3.05) is 13.7 Å². The van der Waals surface area contributed by atoms with E-state index in [0.29, 0.717) is 37.3 Å². The maximum absolute atomic E-state index is 12.6. The van der Waals surface area contributed by atoms with Crippen LogP contribution < -0.4 is 4.74 Å². The van der Waals surface area contributed by atoms with E-state index in [9.17, 15) is 14.7 Å². The van der Waals surface area contributed by atoms with Crippen LogP contribution in [-0.2, 0) is 4.79 Å². The third-order valence-electron chi connectivity index (χ3n) is 3.97. The van der Waals surface area contributed by atoms with Gasteiger partial charge in [0.2, 0.25) is 0 Å². The minimum Gasteiger partial charge on any atom is -0.504 e. The van der Waals surface area contributed by atoms with Gasteiger partial charge in [-0.15, -0.1) is 0 Å². The third kappa shape index (κ3) is 4.73. The van der Waals surface area contributed by atoms with Crippen molar-refractivity contribution < 1.29 is 24.5 Å². The van der Waals surface area contributed by atoms with Gasteiger partial charge in [0.15, 0.2) is 16.7 Å². The number of halogens is 1. The average Bonchev–Trinajstić information content (AvgIpc) is 2.94. The number of benzene rings is 2. The van der Waals surface area contributed by atoms with Gasteiger partial charge in [0, 0.05) is 7.05 Å². The molecular weight excluding hydrogens is 507 g/mol. The largest absolute Gasteiger partial charge is 0.504 e. The highest BCUT2D eigenvalue weighted by molar-refractivity contribution is 14.1. The first-order valence-electron chi connectivity index (χ1n) is 8.55. The predicted molar refractivity (Wildman–Crippen MR) is 121 cm³/mol. The van der Waals surface area contributed by atoms with Crippen molar-refractivity contribution in [2.24, 2.45) is 4.99 Å². The van der Waals surface area contributed by atoms with Crippen molar-refractivity contribution in [1.82, 2.24) is 4.90 Å². The molecule has 9 heteroatoms. The Morgan fingerprint density at radius 1 is 1.34 bits per heavy atom. The fourth-order valence-electron chi connectivity index (χ4n) is 2.56. The Morgan fingerprint density at radius 2 is 2.10 bits per heavy atom. The number of aromatic carboxylic acids is 1. The smallest absolute Gasteiger partial charge is 0.335 e. The molecule has 1 aliphatic heterocycles. The van der Waals surface area contributed by atoms with Crippen LogP contribution in [0.1, 0.15) is 22.8 Å². The van der Waals surface area contributed by atoms with Crippen LogP contribution in [0.5, 0.6) is 11.5 Å². The molecule has 2 aromatic rings. The summed E-state index contributed by atoms with van der Waals surface area (Å²) >= 11 is 3.20. The normalized spacial score (nSPS) is 16.7. The first-order chi connectivity index (χ1) is 13.8. The minimum atomic E-state index is -1.04. The summed E-state index contributed by atoms with van der Waals surface area (Å²) in [5, 5.41) is 19.6. The first-order valence-corrected chi connectivity index (χ1v) is 10.4. The Morgan fingerprint density at radius 3 is 2.79 bits per heavy atom. The van der Waals surface area contributed by atoms with Crippen molar-refractivity contribution in [3.05, 3.63) is 56.0 Å². The molecule has 0 spiro atoms. The van der Waals surface area contributed by atoms with Gasteiger partial charge in [0.05, 0.1) is 26.3 Å². The average molecular weight is 524 g/mol. The molecule has 0 saturated carbocycles. The molecule has 29 heavy (non-hydrogen) atoms. The van der Waals surface area contributed by atoms with E-state index in [1.165, 1.54) is 28.8 Å². The van der Waals surface area contributed by atoms with Crippen LogP contribution in [0, 0.1) is 3.57 Å². The van der Waals surface area contributed by atoms with Crippen LogP contribution in [0.4, 0.5) is 5.69 Å². The van der Waals surface area contributed by atoms with Crippen molar-refractivity contribution >= 4 is 63.2 Å². The van der Waals surface area contributed by atoms with Gasteiger partial charge in [-0.1, -0.05) is 6.07 Å². The second-order valence-electron chi connectivity index (χ2n) is 6.01. The highest BCUT2D eigenvalue weighted by Crippen LogP contribution is 2.37. The van der Waals surface area contributed by atoms with Gasteiger partial charge in [0.25, 0.3) is 5.91 Å². The van der Waals surface area contributed by atoms with Gasteiger partial charge < -0.3 is 14.9 Å². The molecule has 1 heterocycles. The monoisotopic (exact) mass is 524 g/mol. The summed E-state index contributed by atoms with van der Waals surface area (Å²) in [6.45, 7) is 2.23. The number of hydrogen-bond donors (Lipinski definition) is 2. The fraction of sp³-hybridized carbons (Fsp3) is 0.150. The number of carbonyl (C=O) groups is 2. The minimum absolute atomic E-state index is 0.0673. The highest BCUT2D eigenvalue weighted by Gasteiger charge is 2.30. The van der Waals surface area contributed by atoms with Crippen LogP contribution in [0.3, 0.4) is 0 Å². The zero-order valence-corrected chi connectivity index (χ0v) is 18.5. The first kappa shape index (κ1) is 21.2. The lowest BCUT2D eigenvalue weighted by Crippen LogP contribution is -2.23. The van der Waals surface area contributed by atoms with Crippen molar-refractivity contribution in [2.45, 2.75) is 6.92 Å². The van der Waals surface area contributed by atoms with Crippen LogP contribution in [-0.4, -0.2) is 45.8 Å². The van der Waals surface area contributed by atoms with Crippen LogP contribution >= 0.6 is 34.4 Å². The maximum atomic E-state index is 12.6. The number of nitrogens with zero attached hydrogens (tertiary/aromatic N) is 2. The van der Waals surface area contributed by atoms with Gasteiger partial charge in [-0.2, -0.15) is 0 Å². The molecular formula is C20H17IN2O5S. The van der Waals surface area contributed by atoms with Crippen LogP contribution in [0.2, 0.25) is 0 Å². The number of ether oxygens (including phenoxy) is 1. The Bertz CT molecular complexity index is 1050. The Balaban J connectivity index is 1.93. The van der Waals surface area contributed by atoms with E-state index in [0.717, 1.165) is 0 Å². The van der Waals surface area contributed by atoms with Crippen molar-refractivity contribution in [3.8, 4) is 11.5 Å². The number of aromatic hydroxyl groups is 1. The summed E-state index contributed by atoms with van der Waals surface area (Å²) < 4.78 is 6.06. The summed E-state index contributed by atoms with van der Waals surface area (Å²) in [4.78, 5) is 30.1. The van der Waals surface area contributed by atoms with Gasteiger partial charge in [-0.05, 0) is 83.2 Å². The van der Waals surface area contributed by atoms with E-state index in [1.54, 1.807) is 37.4 Å². The number of carbonyl (C=O) groups excluding carboxylic acids is 1. The lowest BCUT2D eigenvalue weighted by molar-refractivity contribution is -0.121. The summed E-state index contributed by atoms with van der Waals surface area (Å²) in [5.74, 6) is -0.834. The second kappa shape index (κ2) is 8.87. The number of carboxylic acid groups (broad SMARTS) is 1. The van der Waals surface area contributed by atoms with E-state index >= 15 is 0 Å². The molecule has 150 valence electrons. The van der Waals surface area contributed by atoms with Gasteiger partial charge in [-0.25, -0.2) is 9.79 Å². The topological polar surface area (TPSA) is 99.4 Å². The van der Waals surface area contributed by atoms with Gasteiger partial charge >= 0.3 is 5.97 Å². The number of amidine groups is 1. The maximum Gasteiger partial charge on any atom is 0.335 e. The molecule has 0 radical (unpaired) electrons. The van der Waals surface area contributed by atoms with E-state index in [4.69, 9.17) is 9.84 Å². The SMILES string of the molecule is CCOc1cc(/C=C2\SC(=Nc3cccc(C(=O)O)c3)N(C)C2=O)cc(I)c1O. The molecule has 1 saturated heterocycles. The number of hydrogen-bond acceptors (Lipinski definition) is 6. The number of carboxylic acids is 1. The molecule has 2 N–H and O–H groups in total. The Kier molecular flexibility index (Phi) is 6.48. The molecule has 1 amide bonds. The number of rotatable bonds is 5. The number of likely N-dealkylation sites (N-methyl/N-ethyl adjacent to an activating group) is 1. The molecule has 3 rings (SSSR count). The quantitative estimate of drug-likeness (QED) is 0.447. The number of phenols is 1. The van der Waals surface area contributed by atoms with E-state index < -0.39 is 5.97 Å². The number of amides is 1. The van der Waals surface area contributed by atoms with Crippen molar-refractivity contribution in [3.63, 3.8) is 0 Å². The Hall–Kier alpha value is -2.53. The molecule has 7 nitrogen and oxygen atoms in total. The number of phenolic OH excluding ortho intramolecular Hbond substituents is 1. The van der Waals surface area contributed by atoms with E-state index in [2.05, 4.69) is 4.99 Å². The van der Waals surface area contributed by atoms with Crippen LogP contribution in [0.15, 0.2) is 46.3 Å². The van der Waals surface area contributed by atoms with Crippen molar-refractivity contribution in [1.29, 1.82) is 0 Å². The zero-order chi connectivity index (χ0) is 21.1. The molecule has 0 aromatic heterocycles. The molecule has 0 unspecified atom stereocenters. The summed E-state index contributed by atoms with van der Waals surface area (Å²) in [6.07, 6.45) is 1.71. The predicted octanol–water partition coefficient (Wildman–Crippen LogP) is 4.33. The third-order valence-corrected chi connectivity index (χ3v) is 5.85. The summed E-state index contributed by atoms with van der Waals surface area (Å²) in [5.41, 5.74) is 1.29. The standard InChI is InChI=1S/C20H17IN2O5S/c1-3-28-15-8-11(7-14(21)17(15)24)9-16-18(25)23(2)20(29-16)22-13-6-4-5-12(10-13)19(26)27/h4-10,24H,3H2,1-2H3,(H,26,27)/b16-9-,22-20?. The molecule has 0 aliphatic carbocycles. The van der Waals surface area contributed by atoms with Gasteiger partial charge in [0.1, 0.15) is 0 Å². The molecule has 1 fully saturated rings. The molecule has 1 aliphatic rings. The summed E-state index contributed by atoms with van der Waals surface area (Å²) in [7, 11) is 1.61. The molecule has 0 atom stereocenters. The van der Waals surface area contributed by atoms with Crippen LogP contribution in [0.25, 0.3) is 6.08 Å². The highest BCUT2D eigenvalue weighted by atomic mass is 127. The molecule has 0 bridgehead atoms. The lowest BCUT2D eigenvalue weighted by Gasteiger charge is -2.09. The van der Waals surface area contributed by atoms with Gasteiger partial charge in [-0.3, -0.25) is 9.69 Å². The molecule has 2 aromatic carbocycles. The number of thioether (sulfide) groups is 1. The second-order valence-corrected chi connectivity index (χ2v) is 8.18. The zero-order valence-electron chi connectivity index (χ0n) is 15.5. The lowest BCUT2D eigenvalue weighted by atomic mass is 10.2. The van der Waals surface area contributed by atoms with E-state index in [1.807, 2.05) is 29.5 Å². The summed E-state index contributed by atoms with van der Waals surface area (Å²) in [6, 6.07) is 9.65. The van der Waals surface area contributed by atoms with E-state index in [-0.39, 0.29) is 17.2 Å². The number of aliphatic imine (C=N–C) groups is 1. The Labute approximate surface area is 185 Å². The fourth-order valence-corrected chi connectivity index (χ4v) is 4.18.